The monoisotopic (exact) mass is 637 g/mol. The second-order valence-electron chi connectivity index (χ2n) is 11.4. The number of ether oxygens (including phenoxy) is 2. The van der Waals surface area contributed by atoms with Crippen LogP contribution in [0.3, 0.4) is 0 Å². The van der Waals surface area contributed by atoms with Crippen LogP contribution in [0.25, 0.3) is 0 Å². The van der Waals surface area contributed by atoms with Gasteiger partial charge in [0.25, 0.3) is 7.82 Å². The molecular weight excluding hydrogens is 598 g/mol. The molecule has 3 atom stereocenters. The van der Waals surface area contributed by atoms with Crippen LogP contribution in [-0.2, 0) is 33.5 Å². The number of quaternary nitrogens is 1. The number of alkyl halides is 3. The number of carbonyl (C=O) groups is 1. The molecule has 0 saturated heterocycles. The third-order valence-corrected chi connectivity index (χ3v) is 7.75. The van der Waals surface area contributed by atoms with Crippen LogP contribution in [-0.4, -0.2) is 70.2 Å². The summed E-state index contributed by atoms with van der Waals surface area (Å²) in [5, 5.41) is 0. The third-order valence-electron chi connectivity index (χ3n) is 6.79. The van der Waals surface area contributed by atoms with Gasteiger partial charge in [-0.1, -0.05) is 97.9 Å². The van der Waals surface area contributed by atoms with Crippen LogP contribution in [0, 0.1) is 5.92 Å². The molecule has 3 rings (SSSR count). The second kappa shape index (κ2) is 15.3. The highest BCUT2D eigenvalue weighted by molar-refractivity contribution is 7.45. The minimum Gasteiger partial charge on any atom is -0.756 e. The summed E-state index contributed by atoms with van der Waals surface area (Å²) in [6.07, 6.45) is -6.98. The molecule has 0 radical (unpaired) electrons. The number of benzene rings is 3. The van der Waals surface area contributed by atoms with Gasteiger partial charge in [-0.2, -0.15) is 13.2 Å². The summed E-state index contributed by atoms with van der Waals surface area (Å²) in [5.41, 5.74) is 0.877. The van der Waals surface area contributed by atoms with Crippen LogP contribution in [0.4, 0.5) is 13.2 Å². The first-order valence-electron chi connectivity index (χ1n) is 14.1. The Morgan fingerprint density at radius 3 is 1.68 bits per heavy atom. The first kappa shape index (κ1) is 35.4. The maximum Gasteiger partial charge on any atom is 0.392 e. The van der Waals surface area contributed by atoms with Crippen LogP contribution in [0.2, 0.25) is 0 Å². The van der Waals surface area contributed by atoms with E-state index < -0.39 is 57.2 Å². The number of phosphoric acid groups is 1. The normalized spacial score (nSPS) is 15.3. The number of carbonyl (C=O) groups excluding carboxylic acids is 1. The largest absolute Gasteiger partial charge is 0.756 e. The quantitative estimate of drug-likeness (QED) is 0.0861. The summed E-state index contributed by atoms with van der Waals surface area (Å²) in [5.74, 6) is -3.15. The van der Waals surface area contributed by atoms with Crippen LogP contribution in [0.1, 0.15) is 30.0 Å². The minimum atomic E-state index is -4.86. The number of esters is 1. The Kier molecular flexibility index (Phi) is 12.3. The van der Waals surface area contributed by atoms with Crippen molar-refractivity contribution in [3.63, 3.8) is 0 Å². The molecule has 0 fully saturated rings. The Morgan fingerprint density at radius 1 is 0.818 bits per heavy atom. The number of likely N-dealkylation sites (N-methyl/N-ethyl adjacent to an activating group) is 1. The molecule has 0 aliphatic heterocycles. The van der Waals surface area contributed by atoms with Gasteiger partial charge in [-0.3, -0.25) is 9.36 Å². The molecule has 2 unspecified atom stereocenters. The highest BCUT2D eigenvalue weighted by Crippen LogP contribution is 2.42. The van der Waals surface area contributed by atoms with Gasteiger partial charge in [0.1, 0.15) is 24.9 Å². The molecule has 0 saturated carbocycles. The van der Waals surface area contributed by atoms with E-state index in [1.54, 1.807) is 0 Å². The zero-order valence-corrected chi connectivity index (χ0v) is 26.1. The van der Waals surface area contributed by atoms with Crippen LogP contribution in [0.5, 0.6) is 0 Å². The van der Waals surface area contributed by atoms with Crippen molar-refractivity contribution in [3.05, 3.63) is 108 Å². The molecule has 240 valence electrons. The molecule has 0 aliphatic rings. The lowest BCUT2D eigenvalue weighted by molar-refractivity contribution is -0.870. The second-order valence-corrected chi connectivity index (χ2v) is 12.8. The average molecular weight is 638 g/mol. The summed E-state index contributed by atoms with van der Waals surface area (Å²) in [4.78, 5) is 25.2. The summed E-state index contributed by atoms with van der Waals surface area (Å²) in [6, 6.07) is 27.7. The topological polar surface area (TPSA) is 94.1 Å². The maximum atomic E-state index is 13.2. The molecule has 3 aromatic rings. The Balaban J connectivity index is 1.94. The summed E-state index contributed by atoms with van der Waals surface area (Å²) in [6.45, 7) is -0.0923. The van der Waals surface area contributed by atoms with Gasteiger partial charge in [0.2, 0.25) is 0 Å². The van der Waals surface area contributed by atoms with Crippen molar-refractivity contribution in [1.29, 1.82) is 0 Å². The Bertz CT molecular complexity index is 1260. The predicted molar refractivity (Wildman–Crippen MR) is 157 cm³/mol. The Labute approximate surface area is 256 Å². The van der Waals surface area contributed by atoms with Crippen LogP contribution < -0.4 is 4.89 Å². The van der Waals surface area contributed by atoms with Gasteiger partial charge in [0.05, 0.1) is 46.7 Å². The van der Waals surface area contributed by atoms with Gasteiger partial charge in [-0.15, -0.1) is 0 Å². The molecule has 0 N–H and O–H groups in total. The van der Waals surface area contributed by atoms with Crippen molar-refractivity contribution in [2.24, 2.45) is 5.92 Å². The summed E-state index contributed by atoms with van der Waals surface area (Å²) >= 11 is 0. The lowest BCUT2D eigenvalue weighted by Crippen LogP contribution is -2.39. The van der Waals surface area contributed by atoms with Gasteiger partial charge < -0.3 is 27.9 Å². The van der Waals surface area contributed by atoms with Crippen molar-refractivity contribution in [2.75, 3.05) is 47.5 Å². The van der Waals surface area contributed by atoms with Crippen molar-refractivity contribution in [2.45, 2.75) is 31.2 Å². The molecule has 0 amide bonds. The third kappa shape index (κ3) is 10.5. The number of rotatable bonds is 16. The molecule has 0 spiro atoms. The van der Waals surface area contributed by atoms with Gasteiger partial charge in [0.15, 0.2) is 0 Å². The fraction of sp³-hybridized carbons (Fsp3) is 0.406. The van der Waals surface area contributed by atoms with Crippen LogP contribution in [0.15, 0.2) is 91.0 Å². The van der Waals surface area contributed by atoms with E-state index in [1.165, 1.54) is 0 Å². The van der Waals surface area contributed by atoms with Gasteiger partial charge in [-0.25, -0.2) is 0 Å². The van der Waals surface area contributed by atoms with E-state index in [-0.39, 0.29) is 6.61 Å². The highest BCUT2D eigenvalue weighted by Gasteiger charge is 2.40. The first-order valence-corrected chi connectivity index (χ1v) is 15.6. The minimum absolute atomic E-state index is 0.159. The van der Waals surface area contributed by atoms with Gasteiger partial charge >= 0.3 is 12.1 Å². The number of nitrogens with zero attached hydrogens (tertiary/aromatic N) is 1. The lowest BCUT2D eigenvalue weighted by Gasteiger charge is -2.37. The Hall–Kier alpha value is -3.05. The number of hydrogen-bond acceptors (Lipinski definition) is 7. The van der Waals surface area contributed by atoms with Gasteiger partial charge in [-0.05, 0) is 16.7 Å². The molecular formula is C32H39F3NO7P. The SMILES string of the molecule is CC(CC(=O)O[C@H](COC(c1ccccc1)(c1ccccc1)c1ccccc1)COP(=O)([O-])OCC[N+](C)(C)C)C(F)(F)F. The fourth-order valence-electron chi connectivity index (χ4n) is 4.34. The average Bonchev–Trinajstić information content (AvgIpc) is 2.96. The molecule has 3 aromatic carbocycles. The summed E-state index contributed by atoms with van der Waals surface area (Å²) in [7, 11) is 0.708. The van der Waals surface area contributed by atoms with Crippen molar-refractivity contribution in [1.82, 2.24) is 0 Å². The maximum absolute atomic E-state index is 13.2. The van der Waals surface area contributed by atoms with Gasteiger partial charge in [0, 0.05) is 0 Å². The number of hydrogen-bond donors (Lipinski definition) is 0. The number of halogens is 3. The zero-order chi connectivity index (χ0) is 32.4. The smallest absolute Gasteiger partial charge is 0.392 e. The van der Waals surface area contributed by atoms with Crippen molar-refractivity contribution in [3.8, 4) is 0 Å². The summed E-state index contributed by atoms with van der Waals surface area (Å²) < 4.78 is 74.4. The standard InChI is InChI=1S/C32H39F3NO7P/c1-25(32(33,34)35)22-30(37)43-29(24-42-44(38,39)41-21-20-36(2,3)4)23-40-31(26-14-8-5-9-15-26,27-16-10-6-11-17-27)28-18-12-7-13-19-28/h5-19,25,29H,20-24H2,1-4H3/t25?,29-/m1/s1. The zero-order valence-electron chi connectivity index (χ0n) is 25.2. The molecule has 0 heterocycles. The van der Waals surface area contributed by atoms with E-state index in [0.29, 0.717) is 27.7 Å². The highest BCUT2D eigenvalue weighted by atomic mass is 31.2. The molecule has 8 nitrogen and oxygen atoms in total. The Morgan fingerprint density at radius 2 is 1.27 bits per heavy atom. The molecule has 44 heavy (non-hydrogen) atoms. The van der Waals surface area contributed by atoms with E-state index in [1.807, 2.05) is 112 Å². The molecule has 12 heteroatoms. The fourth-order valence-corrected chi connectivity index (χ4v) is 5.07. The molecule has 0 bridgehead atoms. The van der Waals surface area contributed by atoms with Crippen LogP contribution >= 0.6 is 7.82 Å². The predicted octanol–water partition coefficient (Wildman–Crippen LogP) is 5.70. The first-order chi connectivity index (χ1) is 20.6. The van der Waals surface area contributed by atoms with E-state index in [2.05, 4.69) is 0 Å². The lowest BCUT2D eigenvalue weighted by atomic mass is 9.80. The number of phosphoric ester groups is 1. The molecule has 0 aromatic heterocycles. The van der Waals surface area contributed by atoms with E-state index in [0.717, 1.165) is 6.92 Å². The van der Waals surface area contributed by atoms with Crippen molar-refractivity contribution < 1.29 is 50.4 Å². The van der Waals surface area contributed by atoms with E-state index in [4.69, 9.17) is 18.5 Å². The molecule has 0 aliphatic carbocycles. The van der Waals surface area contributed by atoms with Crippen molar-refractivity contribution >= 4 is 13.8 Å². The van der Waals surface area contributed by atoms with E-state index in [9.17, 15) is 27.4 Å². The van der Waals surface area contributed by atoms with E-state index >= 15 is 0 Å².